The van der Waals surface area contributed by atoms with Crippen molar-refractivity contribution in [1.29, 1.82) is 0 Å². The molecular weight excluding hydrogens is 603 g/mol. The highest BCUT2D eigenvalue weighted by Crippen LogP contribution is 2.31. The predicted octanol–water partition coefficient (Wildman–Crippen LogP) is 3.03. The Kier molecular flexibility index (Phi) is 9.83. The van der Waals surface area contributed by atoms with Gasteiger partial charge in [-0.1, -0.05) is 13.0 Å². The number of aliphatic hydroxyl groups is 1. The molecule has 0 saturated heterocycles. The van der Waals surface area contributed by atoms with E-state index in [-0.39, 0.29) is 52.7 Å². The highest BCUT2D eigenvalue weighted by Gasteiger charge is 2.33. The number of hydrogen-bond acceptors (Lipinski definition) is 9. The Morgan fingerprint density at radius 1 is 1.17 bits per heavy atom. The second-order valence-corrected chi connectivity index (χ2v) is 15.1. The largest absolute Gasteiger partial charge is 0.497 e. The first-order valence-electron chi connectivity index (χ1n) is 13.2. The van der Waals surface area contributed by atoms with Gasteiger partial charge in [0.1, 0.15) is 21.8 Å². The van der Waals surface area contributed by atoms with E-state index in [2.05, 4.69) is 4.72 Å². The number of methoxy groups -OCH3 is 1. The molecule has 0 aliphatic carbocycles. The summed E-state index contributed by atoms with van der Waals surface area (Å²) in [6.07, 6.45) is -0.789. The fourth-order valence-electron chi connectivity index (χ4n) is 4.61. The summed E-state index contributed by atoms with van der Waals surface area (Å²) in [5.41, 5.74) is 0.685. The quantitative estimate of drug-likeness (QED) is 0.346. The predicted molar refractivity (Wildman–Crippen MR) is 160 cm³/mol. The van der Waals surface area contributed by atoms with Crippen LogP contribution >= 0.6 is 11.3 Å². The third kappa shape index (κ3) is 7.06. The third-order valence-corrected chi connectivity index (χ3v) is 11.7. The molecule has 0 bridgehead atoms. The lowest BCUT2D eigenvalue weighted by atomic mass is 10.0. The number of rotatable bonds is 10. The average Bonchev–Trinajstić information content (AvgIpc) is 3.53. The maximum Gasteiger partial charge on any atom is 0.271 e. The molecule has 3 atom stereocenters. The number of aliphatic hydroxyl groups excluding tert-OH is 1. The fraction of sp³-hybridized carbons (Fsp3) is 0.393. The van der Waals surface area contributed by atoms with Crippen molar-refractivity contribution in [1.82, 2.24) is 9.21 Å². The molecule has 42 heavy (non-hydrogen) atoms. The number of carbonyl (C=O) groups is 1. The van der Waals surface area contributed by atoms with Gasteiger partial charge in [-0.25, -0.2) is 16.8 Å². The van der Waals surface area contributed by atoms with E-state index in [1.807, 2.05) is 6.92 Å². The molecule has 0 saturated carbocycles. The number of benzene rings is 2. The summed E-state index contributed by atoms with van der Waals surface area (Å²) in [6.45, 7) is 3.51. The van der Waals surface area contributed by atoms with Gasteiger partial charge in [0.05, 0.1) is 37.6 Å². The molecule has 228 valence electrons. The molecule has 3 aromatic rings. The molecule has 2 N–H and O–H groups in total. The van der Waals surface area contributed by atoms with Gasteiger partial charge in [-0.15, -0.1) is 11.3 Å². The van der Waals surface area contributed by atoms with Gasteiger partial charge < -0.3 is 19.5 Å². The van der Waals surface area contributed by atoms with Crippen molar-refractivity contribution >= 4 is 43.0 Å². The van der Waals surface area contributed by atoms with Crippen LogP contribution in [0.25, 0.3) is 0 Å². The Hall–Kier alpha value is -3.17. The number of anilines is 1. The number of fused-ring (bicyclic) bond motifs is 1. The van der Waals surface area contributed by atoms with E-state index in [0.717, 1.165) is 11.3 Å². The number of nitrogens with one attached hydrogen (secondary N) is 1. The zero-order valence-electron chi connectivity index (χ0n) is 23.8. The third-order valence-electron chi connectivity index (χ3n) is 7.13. The van der Waals surface area contributed by atoms with Crippen LogP contribution in [0.4, 0.5) is 5.69 Å². The minimum Gasteiger partial charge on any atom is -0.497 e. The fourth-order valence-corrected chi connectivity index (χ4v) is 7.84. The second kappa shape index (κ2) is 13.0. The van der Waals surface area contributed by atoms with E-state index in [0.29, 0.717) is 17.1 Å². The van der Waals surface area contributed by atoms with Crippen LogP contribution in [0.5, 0.6) is 11.5 Å². The summed E-state index contributed by atoms with van der Waals surface area (Å²) < 4.78 is 67.8. The van der Waals surface area contributed by atoms with E-state index >= 15 is 0 Å². The maximum atomic E-state index is 13.4. The van der Waals surface area contributed by atoms with Crippen molar-refractivity contribution in [2.75, 3.05) is 38.6 Å². The molecule has 0 spiro atoms. The molecule has 1 aliphatic heterocycles. The number of ether oxygens (including phenoxy) is 2. The Morgan fingerprint density at radius 3 is 2.50 bits per heavy atom. The molecule has 4 rings (SSSR count). The lowest BCUT2D eigenvalue weighted by Crippen LogP contribution is -2.48. The summed E-state index contributed by atoms with van der Waals surface area (Å²) in [5.74, 6) is 0.264. The van der Waals surface area contributed by atoms with Gasteiger partial charge in [0.25, 0.3) is 10.0 Å². The van der Waals surface area contributed by atoms with Gasteiger partial charge in [0.2, 0.25) is 15.9 Å². The minimum atomic E-state index is -3.89. The normalized spacial score (nSPS) is 18.8. The van der Waals surface area contributed by atoms with Crippen molar-refractivity contribution in [2.45, 2.75) is 41.5 Å². The second-order valence-electron chi connectivity index (χ2n) is 10.2. The molecule has 0 unspecified atom stereocenters. The number of amides is 1. The smallest absolute Gasteiger partial charge is 0.271 e. The number of nitrogens with zero attached hydrogens (tertiary/aromatic N) is 2. The van der Waals surface area contributed by atoms with E-state index < -0.39 is 32.2 Å². The number of thiophene rings is 1. The molecule has 0 fully saturated rings. The van der Waals surface area contributed by atoms with Crippen LogP contribution in [0.3, 0.4) is 0 Å². The van der Waals surface area contributed by atoms with Crippen LogP contribution in [-0.4, -0.2) is 83.1 Å². The number of hydrogen-bond donors (Lipinski definition) is 2. The highest BCUT2D eigenvalue weighted by atomic mass is 32.2. The maximum absolute atomic E-state index is 13.4. The summed E-state index contributed by atoms with van der Waals surface area (Å²) in [5, 5.41) is 11.5. The van der Waals surface area contributed by atoms with Crippen LogP contribution in [0.2, 0.25) is 0 Å². The number of sulfonamides is 2. The Balaban J connectivity index is 1.67. The summed E-state index contributed by atoms with van der Waals surface area (Å²) in [7, 11) is -4.75. The standard InChI is InChI=1S/C28H35N3O8S3/c1-19-16-31(20(2)18-32)27(33)15-21-14-22(29-41(34,35)28-6-5-13-40-28)7-12-25(21)39-26(19)17-30(3)42(36,37)24-10-8-23(38-4)9-11-24/h5-14,19-20,26,29,32H,15-18H2,1-4H3/t19-,20+,26+/m1/s1. The molecule has 11 nitrogen and oxygen atoms in total. The van der Waals surface area contributed by atoms with Crippen molar-refractivity contribution in [2.24, 2.45) is 5.92 Å². The lowest BCUT2D eigenvalue weighted by molar-refractivity contribution is -0.134. The topological polar surface area (TPSA) is 143 Å². The van der Waals surface area contributed by atoms with E-state index in [1.54, 1.807) is 53.6 Å². The van der Waals surface area contributed by atoms with Gasteiger partial charge in [0, 0.05) is 30.8 Å². The molecule has 1 amide bonds. The zero-order valence-corrected chi connectivity index (χ0v) is 26.2. The lowest BCUT2D eigenvalue weighted by Gasteiger charge is -2.33. The van der Waals surface area contributed by atoms with E-state index in [1.165, 1.54) is 36.7 Å². The van der Waals surface area contributed by atoms with Crippen molar-refractivity contribution in [3.63, 3.8) is 0 Å². The van der Waals surface area contributed by atoms with Gasteiger partial charge in [-0.3, -0.25) is 9.52 Å². The summed E-state index contributed by atoms with van der Waals surface area (Å²) in [6, 6.07) is 13.4. The van der Waals surface area contributed by atoms with Gasteiger partial charge >= 0.3 is 0 Å². The SMILES string of the molecule is COc1ccc(S(=O)(=O)N(C)C[C@@H]2Oc3ccc(NS(=O)(=O)c4cccs4)cc3CC(=O)N([C@@H](C)CO)C[C@H]2C)cc1. The van der Waals surface area contributed by atoms with Crippen LogP contribution in [0.1, 0.15) is 19.4 Å². The highest BCUT2D eigenvalue weighted by molar-refractivity contribution is 7.94. The van der Waals surface area contributed by atoms with Crippen LogP contribution in [0.15, 0.2) is 69.1 Å². The van der Waals surface area contributed by atoms with Crippen molar-refractivity contribution < 1.29 is 36.2 Å². The number of likely N-dealkylation sites (N-methyl/N-ethyl adjacent to an activating group) is 1. The molecular formula is C28H35N3O8S3. The van der Waals surface area contributed by atoms with E-state index in [9.17, 15) is 26.7 Å². The van der Waals surface area contributed by atoms with Crippen LogP contribution in [-0.2, 0) is 31.3 Å². The van der Waals surface area contributed by atoms with Gasteiger partial charge in [0.15, 0.2) is 0 Å². The zero-order chi connectivity index (χ0) is 30.7. The molecule has 14 heteroatoms. The van der Waals surface area contributed by atoms with Gasteiger partial charge in [-0.2, -0.15) is 4.31 Å². The van der Waals surface area contributed by atoms with Gasteiger partial charge in [-0.05, 0) is 60.8 Å². The van der Waals surface area contributed by atoms with Crippen molar-refractivity contribution in [3.8, 4) is 11.5 Å². The van der Waals surface area contributed by atoms with Crippen LogP contribution in [0, 0.1) is 5.92 Å². The van der Waals surface area contributed by atoms with Crippen molar-refractivity contribution in [3.05, 3.63) is 65.5 Å². The molecule has 1 aliphatic rings. The average molecular weight is 638 g/mol. The molecule has 1 aromatic heterocycles. The Labute approximate surface area is 250 Å². The van der Waals surface area contributed by atoms with E-state index in [4.69, 9.17) is 9.47 Å². The number of carbonyl (C=O) groups excluding carboxylic acids is 1. The Bertz CT molecular complexity index is 1590. The first-order valence-corrected chi connectivity index (χ1v) is 17.0. The first kappa shape index (κ1) is 31.8. The van der Waals surface area contributed by atoms with Crippen LogP contribution < -0.4 is 14.2 Å². The molecule has 0 radical (unpaired) electrons. The monoisotopic (exact) mass is 637 g/mol. The Morgan fingerprint density at radius 2 is 1.88 bits per heavy atom. The summed E-state index contributed by atoms with van der Waals surface area (Å²) in [4.78, 5) is 15.1. The summed E-state index contributed by atoms with van der Waals surface area (Å²) >= 11 is 1.08. The molecule has 2 aromatic carbocycles. The molecule has 2 heterocycles. The minimum absolute atomic E-state index is 0.0305. The first-order chi connectivity index (χ1) is 19.8.